The monoisotopic (exact) mass is 379 g/mol. The van der Waals surface area contributed by atoms with Crippen molar-refractivity contribution in [3.8, 4) is 5.75 Å². The molecule has 146 valence electrons. The third-order valence-corrected chi connectivity index (χ3v) is 3.74. The van der Waals surface area contributed by atoms with E-state index in [2.05, 4.69) is 5.32 Å². The average Bonchev–Trinajstić information content (AvgIpc) is 2.58. The lowest BCUT2D eigenvalue weighted by Crippen LogP contribution is -2.53. The first kappa shape index (κ1) is 20.2. The van der Waals surface area contributed by atoms with Crippen LogP contribution in [-0.2, 0) is 35.2 Å². The molecule has 9 nitrogen and oxygen atoms in total. The van der Waals surface area contributed by atoms with Crippen molar-refractivity contribution in [3.63, 3.8) is 0 Å². The van der Waals surface area contributed by atoms with Gasteiger partial charge in [0.1, 0.15) is 12.4 Å². The number of rotatable bonds is 6. The van der Waals surface area contributed by atoms with E-state index >= 15 is 0 Å². The molecule has 1 aliphatic rings. The van der Waals surface area contributed by atoms with Crippen molar-refractivity contribution in [2.75, 3.05) is 7.11 Å². The first-order chi connectivity index (χ1) is 12.6. The van der Waals surface area contributed by atoms with Crippen LogP contribution in [0.2, 0.25) is 0 Å². The van der Waals surface area contributed by atoms with Crippen molar-refractivity contribution in [1.29, 1.82) is 0 Å². The van der Waals surface area contributed by atoms with E-state index in [4.69, 9.17) is 18.9 Å². The maximum atomic E-state index is 12.3. The van der Waals surface area contributed by atoms with Crippen LogP contribution in [0, 0.1) is 5.92 Å². The number of ether oxygens (including phenoxy) is 4. The van der Waals surface area contributed by atoms with Crippen molar-refractivity contribution >= 4 is 23.8 Å². The quantitative estimate of drug-likeness (QED) is 0.581. The van der Waals surface area contributed by atoms with Gasteiger partial charge in [-0.1, -0.05) is 12.1 Å². The number of benzene rings is 1. The predicted octanol–water partition coefficient (Wildman–Crippen LogP) is 1.33. The smallest absolute Gasteiger partial charge is 0.408 e. The van der Waals surface area contributed by atoms with Gasteiger partial charge in [0.25, 0.3) is 5.79 Å². The number of carbonyl (C=O) groups excluding carboxylic acids is 4. The van der Waals surface area contributed by atoms with Crippen molar-refractivity contribution in [1.82, 2.24) is 5.32 Å². The van der Waals surface area contributed by atoms with Gasteiger partial charge in [-0.3, -0.25) is 14.4 Å². The number of esters is 2. The van der Waals surface area contributed by atoms with Crippen LogP contribution < -0.4 is 10.1 Å². The van der Waals surface area contributed by atoms with Crippen molar-refractivity contribution in [2.45, 2.75) is 39.2 Å². The Labute approximate surface area is 155 Å². The Morgan fingerprint density at radius 3 is 2.22 bits per heavy atom. The van der Waals surface area contributed by atoms with E-state index < -0.39 is 41.6 Å². The fourth-order valence-electron chi connectivity index (χ4n) is 2.36. The topological polar surface area (TPSA) is 117 Å². The van der Waals surface area contributed by atoms with E-state index in [1.807, 2.05) is 0 Å². The fourth-order valence-corrected chi connectivity index (χ4v) is 2.36. The Kier molecular flexibility index (Phi) is 6.04. The molecule has 1 fully saturated rings. The van der Waals surface area contributed by atoms with Crippen LogP contribution in [0.3, 0.4) is 0 Å². The molecule has 0 radical (unpaired) electrons. The highest BCUT2D eigenvalue weighted by Crippen LogP contribution is 2.24. The van der Waals surface area contributed by atoms with Crippen LogP contribution in [0.1, 0.15) is 26.3 Å². The summed E-state index contributed by atoms with van der Waals surface area (Å²) in [4.78, 5) is 48.0. The van der Waals surface area contributed by atoms with Gasteiger partial charge in [0.15, 0.2) is 5.78 Å². The van der Waals surface area contributed by atoms with Gasteiger partial charge in [-0.25, -0.2) is 4.79 Å². The van der Waals surface area contributed by atoms with Crippen LogP contribution in [0.15, 0.2) is 24.3 Å². The number of cyclic esters (lactones) is 2. The Morgan fingerprint density at radius 1 is 1.15 bits per heavy atom. The summed E-state index contributed by atoms with van der Waals surface area (Å²) in [6, 6.07) is 5.71. The molecule has 1 atom stereocenters. The molecule has 0 aliphatic carbocycles. The van der Waals surface area contributed by atoms with E-state index in [0.717, 1.165) is 0 Å². The number of amides is 1. The number of alkyl carbamates (subject to hydrolysis) is 1. The maximum Gasteiger partial charge on any atom is 0.408 e. The van der Waals surface area contributed by atoms with E-state index in [0.29, 0.717) is 11.3 Å². The molecule has 9 heteroatoms. The lowest BCUT2D eigenvalue weighted by Gasteiger charge is -2.32. The molecule has 27 heavy (non-hydrogen) atoms. The van der Waals surface area contributed by atoms with Crippen LogP contribution in [0.25, 0.3) is 0 Å². The molecule has 0 bridgehead atoms. The molecule has 0 spiro atoms. The molecule has 1 aromatic rings. The molecule has 2 rings (SSSR count). The standard InChI is InChI=1S/C18H21NO8/c1-10(14(20)13-15(21)26-18(2,3)27-16(13)22)19-17(23)25-9-11-5-7-12(24-4)8-6-11/h5-8,10,13H,9H2,1-4H3,(H,19,23)/t10-/m0/s1. The minimum absolute atomic E-state index is 0.0293. The number of ketones is 1. The SMILES string of the molecule is COc1ccc(COC(=O)N[C@@H](C)C(=O)C2C(=O)OC(C)(C)OC2=O)cc1. The maximum absolute atomic E-state index is 12.3. The summed E-state index contributed by atoms with van der Waals surface area (Å²) in [6.07, 6.45) is -0.871. The second-order valence-corrected chi connectivity index (χ2v) is 6.37. The number of Topliss-reactive ketones (excluding diaryl/α,β-unsaturated/α-hetero) is 1. The molecular formula is C18H21NO8. The lowest BCUT2D eigenvalue weighted by molar-refractivity contribution is -0.238. The highest BCUT2D eigenvalue weighted by atomic mass is 16.7. The van der Waals surface area contributed by atoms with E-state index in [9.17, 15) is 19.2 Å². The van der Waals surface area contributed by atoms with Gasteiger partial charge in [0.2, 0.25) is 5.92 Å². The number of nitrogens with one attached hydrogen (secondary N) is 1. The normalized spacial score (nSPS) is 17.3. The summed E-state index contributed by atoms with van der Waals surface area (Å²) >= 11 is 0. The molecule has 1 aliphatic heterocycles. The van der Waals surface area contributed by atoms with Gasteiger partial charge in [-0.2, -0.15) is 0 Å². The van der Waals surface area contributed by atoms with E-state index in [-0.39, 0.29) is 6.61 Å². The van der Waals surface area contributed by atoms with Crippen LogP contribution in [0.5, 0.6) is 5.75 Å². The Morgan fingerprint density at radius 2 is 1.70 bits per heavy atom. The van der Waals surface area contributed by atoms with Gasteiger partial charge in [0, 0.05) is 13.8 Å². The zero-order valence-corrected chi connectivity index (χ0v) is 15.4. The minimum atomic E-state index is -1.74. The van der Waals surface area contributed by atoms with Crippen molar-refractivity contribution in [2.24, 2.45) is 5.92 Å². The van der Waals surface area contributed by atoms with Gasteiger partial charge in [-0.05, 0) is 24.6 Å². The molecule has 0 aromatic heterocycles. The summed E-state index contributed by atoms with van der Waals surface area (Å²) in [5.74, 6) is -5.38. The number of methoxy groups -OCH3 is 1. The van der Waals surface area contributed by atoms with E-state index in [1.165, 1.54) is 27.9 Å². The third kappa shape index (κ3) is 5.19. The molecule has 1 N–H and O–H groups in total. The summed E-state index contributed by atoms with van der Waals surface area (Å²) in [7, 11) is 1.54. The second-order valence-electron chi connectivity index (χ2n) is 6.37. The average molecular weight is 379 g/mol. The van der Waals surface area contributed by atoms with Crippen LogP contribution in [-0.4, -0.2) is 42.8 Å². The lowest BCUT2D eigenvalue weighted by atomic mass is 9.98. The number of carbonyl (C=O) groups is 4. The summed E-state index contributed by atoms with van der Waals surface area (Å²) in [6.45, 7) is 4.05. The third-order valence-electron chi connectivity index (χ3n) is 3.74. The Balaban J connectivity index is 1.88. The van der Waals surface area contributed by atoms with Gasteiger partial charge in [0.05, 0.1) is 13.2 Å². The van der Waals surface area contributed by atoms with Crippen LogP contribution >= 0.6 is 0 Å². The fraction of sp³-hybridized carbons (Fsp3) is 0.444. The molecule has 1 aromatic carbocycles. The van der Waals surface area contributed by atoms with Crippen molar-refractivity contribution in [3.05, 3.63) is 29.8 Å². The van der Waals surface area contributed by atoms with E-state index in [1.54, 1.807) is 24.3 Å². The van der Waals surface area contributed by atoms with Gasteiger partial charge in [-0.15, -0.1) is 0 Å². The second kappa shape index (κ2) is 8.07. The highest BCUT2D eigenvalue weighted by Gasteiger charge is 2.48. The first-order valence-electron chi connectivity index (χ1n) is 8.18. The zero-order chi connectivity index (χ0) is 20.2. The van der Waals surface area contributed by atoms with Crippen molar-refractivity contribution < 1.29 is 38.1 Å². The zero-order valence-electron chi connectivity index (χ0n) is 15.4. The summed E-state index contributed by atoms with van der Waals surface area (Å²) in [5.41, 5.74) is 0.714. The first-order valence-corrected chi connectivity index (χ1v) is 8.18. The van der Waals surface area contributed by atoms with Crippen LogP contribution in [0.4, 0.5) is 4.79 Å². The summed E-state index contributed by atoms with van der Waals surface area (Å²) < 4.78 is 19.8. The minimum Gasteiger partial charge on any atom is -0.497 e. The van der Waals surface area contributed by atoms with Gasteiger partial charge < -0.3 is 24.3 Å². The molecule has 1 saturated heterocycles. The molecule has 0 saturated carbocycles. The Bertz CT molecular complexity index is 720. The van der Waals surface area contributed by atoms with Gasteiger partial charge >= 0.3 is 18.0 Å². The molecule has 0 unspecified atom stereocenters. The highest BCUT2D eigenvalue weighted by molar-refractivity contribution is 6.17. The predicted molar refractivity (Wildman–Crippen MR) is 90.5 cm³/mol. The molecule has 1 heterocycles. The summed E-state index contributed by atoms with van der Waals surface area (Å²) in [5, 5.41) is 2.28. The number of hydrogen-bond donors (Lipinski definition) is 1. The molecule has 1 amide bonds. The Hall–Kier alpha value is -3.10. The molecular weight excluding hydrogens is 358 g/mol. The largest absolute Gasteiger partial charge is 0.497 e. The number of hydrogen-bond acceptors (Lipinski definition) is 8.